The van der Waals surface area contributed by atoms with Gasteiger partial charge in [-0.2, -0.15) is 0 Å². The Kier molecular flexibility index (Phi) is 3.31. The summed E-state index contributed by atoms with van der Waals surface area (Å²) < 4.78 is 0. The van der Waals surface area contributed by atoms with Gasteiger partial charge in [0.1, 0.15) is 0 Å². The van der Waals surface area contributed by atoms with Crippen molar-refractivity contribution < 1.29 is 4.79 Å². The molecule has 0 spiro atoms. The van der Waals surface area contributed by atoms with Gasteiger partial charge < -0.3 is 10.6 Å². The molecule has 76 valence electrons. The van der Waals surface area contributed by atoms with Crippen molar-refractivity contribution in [3.8, 4) is 0 Å². The van der Waals surface area contributed by atoms with E-state index < -0.39 is 0 Å². The normalized spacial score (nSPS) is 19.8. The highest BCUT2D eigenvalue weighted by atomic mass is 16.2. The molecule has 0 aliphatic carbocycles. The second-order valence-electron chi connectivity index (χ2n) is 4.07. The number of nitrogens with zero attached hydrogens (tertiary/aromatic N) is 1. The molecular weight excluding hydrogens is 164 g/mol. The smallest absolute Gasteiger partial charge is 0.222 e. The third-order valence-corrected chi connectivity index (χ3v) is 2.81. The Morgan fingerprint density at radius 1 is 1.46 bits per heavy atom. The van der Waals surface area contributed by atoms with Crippen LogP contribution >= 0.6 is 0 Å². The summed E-state index contributed by atoms with van der Waals surface area (Å²) >= 11 is 0. The Bertz CT molecular complexity index is 185. The maximum absolute atomic E-state index is 11.5. The van der Waals surface area contributed by atoms with Crippen molar-refractivity contribution in [2.45, 2.75) is 45.1 Å². The maximum atomic E-state index is 11.5. The lowest BCUT2D eigenvalue weighted by Gasteiger charge is -2.47. The van der Waals surface area contributed by atoms with E-state index in [1.807, 2.05) is 4.90 Å². The summed E-state index contributed by atoms with van der Waals surface area (Å²) in [6, 6.07) is 0. The molecule has 1 heterocycles. The highest BCUT2D eigenvalue weighted by Gasteiger charge is 2.39. The molecule has 0 aromatic carbocycles. The zero-order chi connectivity index (χ0) is 9.90. The van der Waals surface area contributed by atoms with Crippen LogP contribution in [0.2, 0.25) is 0 Å². The Morgan fingerprint density at radius 3 is 2.54 bits per heavy atom. The van der Waals surface area contributed by atoms with E-state index in [0.717, 1.165) is 32.4 Å². The molecule has 0 radical (unpaired) electrons. The SMILES string of the molecule is CCCCC(=O)N1CC(N)(CC)C1. The van der Waals surface area contributed by atoms with Gasteiger partial charge in [-0.25, -0.2) is 0 Å². The molecule has 1 aliphatic rings. The lowest BCUT2D eigenvalue weighted by Crippen LogP contribution is -2.68. The molecule has 13 heavy (non-hydrogen) atoms. The van der Waals surface area contributed by atoms with Crippen molar-refractivity contribution >= 4 is 5.91 Å². The first-order valence-corrected chi connectivity index (χ1v) is 5.18. The average Bonchev–Trinajstić information content (AvgIpc) is 2.09. The van der Waals surface area contributed by atoms with E-state index in [0.29, 0.717) is 6.42 Å². The third kappa shape index (κ3) is 2.44. The number of carbonyl (C=O) groups excluding carboxylic acids is 1. The summed E-state index contributed by atoms with van der Waals surface area (Å²) in [4.78, 5) is 13.3. The van der Waals surface area contributed by atoms with Gasteiger partial charge in [-0.3, -0.25) is 4.79 Å². The number of carbonyl (C=O) groups is 1. The topological polar surface area (TPSA) is 46.3 Å². The molecule has 1 fully saturated rings. The van der Waals surface area contributed by atoms with E-state index in [2.05, 4.69) is 13.8 Å². The number of amides is 1. The largest absolute Gasteiger partial charge is 0.339 e. The van der Waals surface area contributed by atoms with E-state index in [-0.39, 0.29) is 11.4 Å². The van der Waals surface area contributed by atoms with Gasteiger partial charge in [-0.05, 0) is 12.8 Å². The summed E-state index contributed by atoms with van der Waals surface area (Å²) in [6.45, 7) is 5.69. The molecule has 0 atom stereocenters. The molecule has 0 aromatic rings. The number of hydrogen-bond acceptors (Lipinski definition) is 2. The van der Waals surface area contributed by atoms with Gasteiger partial charge in [0.05, 0.1) is 5.54 Å². The highest BCUT2D eigenvalue weighted by Crippen LogP contribution is 2.22. The van der Waals surface area contributed by atoms with Crippen LogP contribution in [0.15, 0.2) is 0 Å². The minimum atomic E-state index is -0.0815. The Hall–Kier alpha value is -0.570. The summed E-state index contributed by atoms with van der Waals surface area (Å²) in [7, 11) is 0. The molecule has 0 aromatic heterocycles. The van der Waals surface area contributed by atoms with Gasteiger partial charge in [0, 0.05) is 19.5 Å². The predicted octanol–water partition coefficient (Wildman–Crippen LogP) is 1.13. The van der Waals surface area contributed by atoms with Crippen LogP contribution in [0.5, 0.6) is 0 Å². The molecule has 3 nitrogen and oxygen atoms in total. The van der Waals surface area contributed by atoms with Gasteiger partial charge in [-0.1, -0.05) is 20.3 Å². The Balaban J connectivity index is 2.23. The molecule has 1 saturated heterocycles. The first-order chi connectivity index (χ1) is 6.11. The van der Waals surface area contributed by atoms with Crippen LogP contribution in [0.1, 0.15) is 39.5 Å². The van der Waals surface area contributed by atoms with Crippen LogP contribution in [0.25, 0.3) is 0 Å². The van der Waals surface area contributed by atoms with Gasteiger partial charge in [-0.15, -0.1) is 0 Å². The second-order valence-corrected chi connectivity index (χ2v) is 4.07. The Labute approximate surface area is 80.3 Å². The minimum absolute atomic E-state index is 0.0815. The van der Waals surface area contributed by atoms with Gasteiger partial charge in [0.15, 0.2) is 0 Å². The van der Waals surface area contributed by atoms with E-state index >= 15 is 0 Å². The fourth-order valence-electron chi connectivity index (χ4n) is 1.60. The average molecular weight is 184 g/mol. The molecule has 0 bridgehead atoms. The van der Waals surface area contributed by atoms with Crippen LogP contribution in [0, 0.1) is 0 Å². The van der Waals surface area contributed by atoms with Gasteiger partial charge in [0.25, 0.3) is 0 Å². The Morgan fingerprint density at radius 2 is 2.08 bits per heavy atom. The monoisotopic (exact) mass is 184 g/mol. The molecule has 0 unspecified atom stereocenters. The van der Waals surface area contributed by atoms with E-state index in [1.165, 1.54) is 0 Å². The number of nitrogens with two attached hydrogens (primary N) is 1. The van der Waals surface area contributed by atoms with Crippen molar-refractivity contribution in [3.63, 3.8) is 0 Å². The number of rotatable bonds is 4. The van der Waals surface area contributed by atoms with E-state index in [9.17, 15) is 4.79 Å². The molecule has 2 N–H and O–H groups in total. The standard InChI is InChI=1S/C10H20N2O/c1-3-5-6-9(13)12-7-10(11,4-2)8-12/h3-8,11H2,1-2H3. The van der Waals surface area contributed by atoms with Crippen molar-refractivity contribution in [3.05, 3.63) is 0 Å². The summed E-state index contributed by atoms with van der Waals surface area (Å²) in [6.07, 6.45) is 3.74. The minimum Gasteiger partial charge on any atom is -0.339 e. The van der Waals surface area contributed by atoms with Gasteiger partial charge in [0.2, 0.25) is 5.91 Å². The van der Waals surface area contributed by atoms with Crippen LogP contribution in [-0.4, -0.2) is 29.4 Å². The summed E-state index contributed by atoms with van der Waals surface area (Å²) in [5.41, 5.74) is 5.88. The fraction of sp³-hybridized carbons (Fsp3) is 0.900. The van der Waals surface area contributed by atoms with E-state index in [1.54, 1.807) is 0 Å². The first-order valence-electron chi connectivity index (χ1n) is 5.18. The maximum Gasteiger partial charge on any atom is 0.222 e. The van der Waals surface area contributed by atoms with Crippen molar-refractivity contribution in [1.29, 1.82) is 0 Å². The van der Waals surface area contributed by atoms with Gasteiger partial charge >= 0.3 is 0 Å². The molecule has 0 saturated carbocycles. The lowest BCUT2D eigenvalue weighted by molar-refractivity contribution is -0.138. The summed E-state index contributed by atoms with van der Waals surface area (Å²) in [5, 5.41) is 0. The second kappa shape index (κ2) is 4.09. The van der Waals surface area contributed by atoms with Crippen molar-refractivity contribution in [1.82, 2.24) is 4.90 Å². The van der Waals surface area contributed by atoms with E-state index in [4.69, 9.17) is 5.73 Å². The van der Waals surface area contributed by atoms with Crippen molar-refractivity contribution in [2.24, 2.45) is 5.73 Å². The first kappa shape index (κ1) is 10.5. The molecule has 3 heteroatoms. The molecule has 1 rings (SSSR count). The summed E-state index contributed by atoms with van der Waals surface area (Å²) in [5.74, 6) is 0.274. The lowest BCUT2D eigenvalue weighted by atomic mass is 9.88. The number of likely N-dealkylation sites (tertiary alicyclic amines) is 1. The van der Waals surface area contributed by atoms with Crippen LogP contribution < -0.4 is 5.73 Å². The zero-order valence-electron chi connectivity index (χ0n) is 8.68. The fourth-order valence-corrected chi connectivity index (χ4v) is 1.60. The number of unbranched alkanes of at least 4 members (excludes halogenated alkanes) is 1. The molecule has 1 amide bonds. The van der Waals surface area contributed by atoms with Crippen molar-refractivity contribution in [2.75, 3.05) is 13.1 Å². The third-order valence-electron chi connectivity index (χ3n) is 2.81. The number of hydrogen-bond donors (Lipinski definition) is 1. The van der Waals surface area contributed by atoms with Crippen LogP contribution in [0.4, 0.5) is 0 Å². The van der Waals surface area contributed by atoms with Crippen LogP contribution in [-0.2, 0) is 4.79 Å². The quantitative estimate of drug-likeness (QED) is 0.712. The van der Waals surface area contributed by atoms with Crippen LogP contribution in [0.3, 0.4) is 0 Å². The molecular formula is C10H20N2O. The predicted molar refractivity (Wildman–Crippen MR) is 53.3 cm³/mol. The highest BCUT2D eigenvalue weighted by molar-refractivity contribution is 5.77. The molecule has 1 aliphatic heterocycles. The zero-order valence-corrected chi connectivity index (χ0v) is 8.68.